The summed E-state index contributed by atoms with van der Waals surface area (Å²) in [6.07, 6.45) is 0. The summed E-state index contributed by atoms with van der Waals surface area (Å²) < 4.78 is 25.6. The number of nitrogens with one attached hydrogen (secondary N) is 2. The minimum atomic E-state index is -1.03. The molecule has 0 saturated carbocycles. The number of benzene rings is 1. The quantitative estimate of drug-likeness (QED) is 0.678. The number of carbonyl (C=O) groups excluding carboxylic acids is 2. The van der Waals surface area contributed by atoms with E-state index < -0.39 is 29.6 Å². The topological polar surface area (TPSA) is 58.2 Å². The largest absolute Gasteiger partial charge is 0.322 e. The maximum absolute atomic E-state index is 12.8. The van der Waals surface area contributed by atoms with E-state index in [1.165, 1.54) is 0 Å². The smallest absolute Gasteiger partial charge is 0.322 e. The average molecular weight is 212 g/mol. The molecule has 6 heteroatoms. The molecule has 2 N–H and O–H groups in total. The molecule has 1 aromatic carbocycles. The fourth-order valence-electron chi connectivity index (χ4n) is 1.39. The molecule has 1 fully saturated rings. The summed E-state index contributed by atoms with van der Waals surface area (Å²) >= 11 is 0. The second kappa shape index (κ2) is 3.30. The van der Waals surface area contributed by atoms with Crippen molar-refractivity contribution in [3.05, 3.63) is 35.4 Å². The molecule has 1 aliphatic rings. The van der Waals surface area contributed by atoms with E-state index in [0.717, 1.165) is 12.1 Å². The summed E-state index contributed by atoms with van der Waals surface area (Å²) in [7, 11) is 0. The number of hydrogen-bond acceptors (Lipinski definition) is 2. The molecule has 1 atom stereocenters. The van der Waals surface area contributed by atoms with Crippen molar-refractivity contribution in [3.63, 3.8) is 0 Å². The van der Waals surface area contributed by atoms with Gasteiger partial charge < -0.3 is 5.32 Å². The van der Waals surface area contributed by atoms with Crippen molar-refractivity contribution >= 4 is 11.9 Å². The third-order valence-electron chi connectivity index (χ3n) is 1.99. The van der Waals surface area contributed by atoms with Crippen LogP contribution in [0.3, 0.4) is 0 Å². The molecule has 15 heavy (non-hydrogen) atoms. The van der Waals surface area contributed by atoms with E-state index in [9.17, 15) is 18.4 Å². The van der Waals surface area contributed by atoms with Crippen LogP contribution >= 0.6 is 0 Å². The van der Waals surface area contributed by atoms with Crippen LogP contribution in [0.15, 0.2) is 18.2 Å². The number of imide groups is 1. The van der Waals surface area contributed by atoms with Gasteiger partial charge in [-0.1, -0.05) is 0 Å². The van der Waals surface area contributed by atoms with Crippen LogP contribution in [0.1, 0.15) is 11.6 Å². The second-order valence-electron chi connectivity index (χ2n) is 3.10. The molecule has 0 aromatic heterocycles. The molecular weight excluding hydrogens is 206 g/mol. The first-order valence-electron chi connectivity index (χ1n) is 4.13. The first kappa shape index (κ1) is 9.57. The van der Waals surface area contributed by atoms with Gasteiger partial charge in [-0.05, 0) is 17.7 Å². The van der Waals surface area contributed by atoms with Crippen LogP contribution in [0, 0.1) is 11.6 Å². The van der Waals surface area contributed by atoms with Crippen LogP contribution in [0.2, 0.25) is 0 Å². The highest BCUT2D eigenvalue weighted by Crippen LogP contribution is 2.18. The lowest BCUT2D eigenvalue weighted by Crippen LogP contribution is -2.22. The molecular formula is C9H6F2N2O2. The predicted molar refractivity (Wildman–Crippen MR) is 45.8 cm³/mol. The molecule has 1 unspecified atom stereocenters. The van der Waals surface area contributed by atoms with Crippen LogP contribution < -0.4 is 10.6 Å². The number of hydrogen-bond donors (Lipinski definition) is 2. The minimum absolute atomic E-state index is 0.0795. The SMILES string of the molecule is O=C1NC(=O)C(c2cc(F)cc(F)c2)N1. The lowest BCUT2D eigenvalue weighted by atomic mass is 10.1. The summed E-state index contributed by atoms with van der Waals surface area (Å²) in [4.78, 5) is 21.9. The molecule has 0 radical (unpaired) electrons. The van der Waals surface area contributed by atoms with Crippen LogP contribution in [0.5, 0.6) is 0 Å². The Bertz CT molecular complexity index is 427. The van der Waals surface area contributed by atoms with Gasteiger partial charge in [-0.25, -0.2) is 13.6 Å². The summed E-state index contributed by atoms with van der Waals surface area (Å²) in [6, 6.07) is 0.994. The van der Waals surface area contributed by atoms with Gasteiger partial charge in [0.15, 0.2) is 0 Å². The third-order valence-corrected chi connectivity index (χ3v) is 1.99. The van der Waals surface area contributed by atoms with Gasteiger partial charge in [-0.2, -0.15) is 0 Å². The van der Waals surface area contributed by atoms with E-state index in [0.29, 0.717) is 6.07 Å². The highest BCUT2D eigenvalue weighted by atomic mass is 19.1. The van der Waals surface area contributed by atoms with Crippen molar-refractivity contribution in [1.82, 2.24) is 10.6 Å². The Kier molecular flexibility index (Phi) is 2.11. The number of carbonyl (C=O) groups is 2. The fourth-order valence-corrected chi connectivity index (χ4v) is 1.39. The van der Waals surface area contributed by atoms with E-state index in [2.05, 4.69) is 5.32 Å². The van der Waals surface area contributed by atoms with Gasteiger partial charge in [0.1, 0.15) is 17.7 Å². The fraction of sp³-hybridized carbons (Fsp3) is 0.111. The maximum Gasteiger partial charge on any atom is 0.322 e. The van der Waals surface area contributed by atoms with Gasteiger partial charge in [0.2, 0.25) is 0 Å². The number of urea groups is 1. The molecule has 0 bridgehead atoms. The van der Waals surface area contributed by atoms with Gasteiger partial charge in [0, 0.05) is 6.07 Å². The van der Waals surface area contributed by atoms with Gasteiger partial charge in [0.25, 0.3) is 5.91 Å². The van der Waals surface area contributed by atoms with Crippen LogP contribution in [-0.4, -0.2) is 11.9 Å². The Hall–Kier alpha value is -1.98. The zero-order chi connectivity index (χ0) is 11.0. The lowest BCUT2D eigenvalue weighted by Gasteiger charge is -2.07. The molecule has 2 rings (SSSR count). The van der Waals surface area contributed by atoms with E-state index in [1.807, 2.05) is 5.32 Å². The first-order chi connectivity index (χ1) is 7.06. The average Bonchev–Trinajstić information content (AvgIpc) is 2.43. The molecule has 78 valence electrons. The van der Waals surface area contributed by atoms with Crippen molar-refractivity contribution in [3.8, 4) is 0 Å². The number of amides is 3. The Morgan fingerprint density at radius 3 is 2.13 bits per heavy atom. The molecule has 3 amide bonds. The lowest BCUT2D eigenvalue weighted by molar-refractivity contribution is -0.120. The Labute approximate surface area is 83.3 Å². The second-order valence-corrected chi connectivity index (χ2v) is 3.10. The molecule has 1 heterocycles. The Morgan fingerprint density at radius 2 is 1.67 bits per heavy atom. The molecule has 0 spiro atoms. The van der Waals surface area contributed by atoms with Gasteiger partial charge in [0.05, 0.1) is 0 Å². The summed E-state index contributed by atoms with van der Waals surface area (Å²) in [5.41, 5.74) is 0.0795. The van der Waals surface area contributed by atoms with E-state index >= 15 is 0 Å². The minimum Gasteiger partial charge on any atom is -0.322 e. The highest BCUT2D eigenvalue weighted by Gasteiger charge is 2.31. The summed E-state index contributed by atoms with van der Waals surface area (Å²) in [6.45, 7) is 0. The number of halogens is 2. The van der Waals surface area contributed by atoms with E-state index in [4.69, 9.17) is 0 Å². The highest BCUT2D eigenvalue weighted by molar-refractivity contribution is 6.04. The van der Waals surface area contributed by atoms with Crippen LogP contribution in [0.25, 0.3) is 0 Å². The van der Waals surface area contributed by atoms with Crippen molar-refractivity contribution in [1.29, 1.82) is 0 Å². The predicted octanol–water partition coefficient (Wildman–Crippen LogP) is 0.845. The first-order valence-corrected chi connectivity index (χ1v) is 4.13. The third kappa shape index (κ3) is 1.78. The molecule has 1 aliphatic heterocycles. The van der Waals surface area contributed by atoms with Crippen LogP contribution in [-0.2, 0) is 4.79 Å². The van der Waals surface area contributed by atoms with Gasteiger partial charge in [-0.15, -0.1) is 0 Å². The monoisotopic (exact) mass is 212 g/mol. The van der Waals surface area contributed by atoms with Crippen molar-refractivity contribution in [2.45, 2.75) is 6.04 Å². The van der Waals surface area contributed by atoms with E-state index in [-0.39, 0.29) is 5.56 Å². The zero-order valence-electron chi connectivity index (χ0n) is 7.38. The summed E-state index contributed by atoms with van der Waals surface area (Å²) in [5.74, 6) is -2.21. The van der Waals surface area contributed by atoms with Crippen molar-refractivity contribution in [2.75, 3.05) is 0 Å². The van der Waals surface area contributed by atoms with Crippen molar-refractivity contribution in [2.24, 2.45) is 0 Å². The Balaban J connectivity index is 2.37. The number of rotatable bonds is 1. The zero-order valence-corrected chi connectivity index (χ0v) is 7.38. The molecule has 1 aromatic rings. The summed E-state index contributed by atoms with van der Waals surface area (Å²) in [5, 5.41) is 4.21. The normalized spacial score (nSPS) is 20.0. The standard InChI is InChI=1S/C9H6F2N2O2/c10-5-1-4(2-6(11)3-5)7-8(14)13-9(15)12-7/h1-3,7H,(H2,12,13,14,15). The maximum atomic E-state index is 12.8. The molecule has 4 nitrogen and oxygen atoms in total. The van der Waals surface area contributed by atoms with Crippen molar-refractivity contribution < 1.29 is 18.4 Å². The Morgan fingerprint density at radius 1 is 1.07 bits per heavy atom. The molecule has 1 saturated heterocycles. The van der Waals surface area contributed by atoms with Crippen LogP contribution in [0.4, 0.5) is 13.6 Å². The molecule has 0 aliphatic carbocycles. The van der Waals surface area contributed by atoms with E-state index in [1.54, 1.807) is 0 Å². The van der Waals surface area contributed by atoms with Gasteiger partial charge >= 0.3 is 6.03 Å². The van der Waals surface area contributed by atoms with Gasteiger partial charge in [-0.3, -0.25) is 10.1 Å².